The Kier molecular flexibility index (Phi) is 9.83. The van der Waals surface area contributed by atoms with Crippen molar-refractivity contribution in [3.8, 4) is 0 Å². The predicted octanol–water partition coefficient (Wildman–Crippen LogP) is 7.05. The molecule has 0 saturated heterocycles. The van der Waals surface area contributed by atoms with Crippen LogP contribution >= 0.6 is 0 Å². The maximum atomic E-state index is 13.7. The molecule has 14 heteroatoms. The van der Waals surface area contributed by atoms with Gasteiger partial charge in [-0.05, 0) is 116 Å². The SMILES string of the molecule is CCN(CC1CCC(C(=O)O)CC1)c1cc2c(cc1CN(Cc1cc(C(F)(F)F)cc(C(F)(F)F)c1)c1nnn(C)n1)CCCC2. The minimum absolute atomic E-state index is 0.0761. The summed E-state index contributed by atoms with van der Waals surface area (Å²) in [7, 11) is 1.53. The Morgan fingerprint density at radius 1 is 0.891 bits per heavy atom. The van der Waals surface area contributed by atoms with Crippen LogP contribution in [0.3, 0.4) is 0 Å². The van der Waals surface area contributed by atoms with Crippen molar-refractivity contribution >= 4 is 17.6 Å². The van der Waals surface area contributed by atoms with Gasteiger partial charge in [-0.2, -0.15) is 31.1 Å². The molecule has 250 valence electrons. The molecule has 3 aromatic rings. The van der Waals surface area contributed by atoms with Crippen molar-refractivity contribution in [2.24, 2.45) is 18.9 Å². The van der Waals surface area contributed by atoms with E-state index in [-0.39, 0.29) is 36.6 Å². The topological polar surface area (TPSA) is 87.4 Å². The number of benzene rings is 2. The Morgan fingerprint density at radius 3 is 2.02 bits per heavy atom. The zero-order valence-electron chi connectivity index (χ0n) is 25.8. The summed E-state index contributed by atoms with van der Waals surface area (Å²) >= 11 is 0. The first-order valence-electron chi connectivity index (χ1n) is 15.6. The van der Waals surface area contributed by atoms with Crippen LogP contribution in [0, 0.1) is 11.8 Å². The van der Waals surface area contributed by atoms with Crippen molar-refractivity contribution in [2.75, 3.05) is 22.9 Å². The van der Waals surface area contributed by atoms with E-state index >= 15 is 0 Å². The third kappa shape index (κ3) is 7.92. The number of aryl methyl sites for hydroxylation is 3. The molecule has 1 fully saturated rings. The summed E-state index contributed by atoms with van der Waals surface area (Å²) in [5.41, 5.74) is 1.26. The van der Waals surface area contributed by atoms with E-state index in [1.807, 2.05) is 6.92 Å². The number of alkyl halides is 6. The molecule has 0 spiro atoms. The molecule has 1 saturated carbocycles. The maximum Gasteiger partial charge on any atom is 0.416 e. The number of tetrazole rings is 1. The lowest BCUT2D eigenvalue weighted by atomic mass is 9.81. The summed E-state index contributed by atoms with van der Waals surface area (Å²) in [5.74, 6) is -0.716. The molecule has 0 atom stereocenters. The zero-order valence-corrected chi connectivity index (χ0v) is 25.8. The molecule has 46 heavy (non-hydrogen) atoms. The summed E-state index contributed by atoms with van der Waals surface area (Å²) in [6.45, 7) is 3.21. The second kappa shape index (κ2) is 13.5. The number of carboxylic acid groups (broad SMARTS) is 1. The molecule has 0 bridgehead atoms. The predicted molar refractivity (Wildman–Crippen MR) is 159 cm³/mol. The second-order valence-corrected chi connectivity index (χ2v) is 12.4. The molecule has 1 heterocycles. The van der Waals surface area contributed by atoms with Crippen molar-refractivity contribution in [1.29, 1.82) is 0 Å². The van der Waals surface area contributed by atoms with Gasteiger partial charge >= 0.3 is 18.3 Å². The molecule has 2 aliphatic rings. The van der Waals surface area contributed by atoms with E-state index in [4.69, 9.17) is 0 Å². The maximum absolute atomic E-state index is 13.7. The minimum atomic E-state index is -4.97. The number of aliphatic carboxylic acids is 1. The summed E-state index contributed by atoms with van der Waals surface area (Å²) in [4.78, 5) is 16.5. The van der Waals surface area contributed by atoms with E-state index in [0.29, 0.717) is 31.8 Å². The Morgan fingerprint density at radius 2 is 1.50 bits per heavy atom. The van der Waals surface area contributed by atoms with E-state index in [9.17, 15) is 36.2 Å². The fraction of sp³-hybridized carbons (Fsp3) is 0.562. The highest BCUT2D eigenvalue weighted by molar-refractivity contribution is 5.70. The Hall–Kier alpha value is -3.84. The molecule has 5 rings (SSSR count). The first-order chi connectivity index (χ1) is 21.7. The van der Waals surface area contributed by atoms with Gasteiger partial charge in [0.05, 0.1) is 24.1 Å². The summed E-state index contributed by atoms with van der Waals surface area (Å²) in [6.07, 6.45) is -3.23. The number of carbonyl (C=O) groups is 1. The number of aromatic nitrogens is 4. The minimum Gasteiger partial charge on any atom is -0.481 e. The number of nitrogens with zero attached hydrogens (tertiary/aromatic N) is 6. The molecule has 1 N–H and O–H groups in total. The molecule has 0 radical (unpaired) electrons. The molecular weight excluding hydrogens is 614 g/mol. The summed E-state index contributed by atoms with van der Waals surface area (Å²) < 4.78 is 82.1. The van der Waals surface area contributed by atoms with Crippen LogP contribution in [-0.2, 0) is 50.1 Å². The Bertz CT molecular complexity index is 1500. The van der Waals surface area contributed by atoms with Gasteiger partial charge in [0.25, 0.3) is 5.95 Å². The van der Waals surface area contributed by atoms with Crippen molar-refractivity contribution in [3.63, 3.8) is 0 Å². The summed E-state index contributed by atoms with van der Waals surface area (Å²) in [5, 5.41) is 21.6. The highest BCUT2D eigenvalue weighted by Crippen LogP contribution is 2.38. The van der Waals surface area contributed by atoms with Gasteiger partial charge < -0.3 is 14.9 Å². The lowest BCUT2D eigenvalue weighted by molar-refractivity contribution is -0.144. The second-order valence-electron chi connectivity index (χ2n) is 12.4. The molecular formula is C32H38F6N6O2. The third-order valence-corrected chi connectivity index (χ3v) is 9.10. The van der Waals surface area contributed by atoms with Crippen LogP contribution in [0.15, 0.2) is 30.3 Å². The summed E-state index contributed by atoms with van der Waals surface area (Å²) in [6, 6.07) is 5.87. The fourth-order valence-corrected chi connectivity index (χ4v) is 6.68. The van der Waals surface area contributed by atoms with Gasteiger partial charge in [0.1, 0.15) is 0 Å². The van der Waals surface area contributed by atoms with E-state index in [1.165, 1.54) is 23.0 Å². The van der Waals surface area contributed by atoms with Crippen molar-refractivity contribution < 1.29 is 36.2 Å². The van der Waals surface area contributed by atoms with Crippen LogP contribution in [0.4, 0.5) is 38.0 Å². The number of anilines is 2. The van der Waals surface area contributed by atoms with E-state index < -0.39 is 29.4 Å². The quantitative estimate of drug-likeness (QED) is 0.235. The number of hydrogen-bond donors (Lipinski definition) is 1. The molecule has 8 nitrogen and oxygen atoms in total. The van der Waals surface area contributed by atoms with Crippen LogP contribution < -0.4 is 9.80 Å². The molecule has 0 unspecified atom stereocenters. The van der Waals surface area contributed by atoms with E-state index in [1.54, 1.807) is 4.90 Å². The van der Waals surface area contributed by atoms with Crippen LogP contribution in [0.2, 0.25) is 0 Å². The van der Waals surface area contributed by atoms with E-state index in [0.717, 1.165) is 61.9 Å². The average Bonchev–Trinajstić information content (AvgIpc) is 3.44. The van der Waals surface area contributed by atoms with Crippen molar-refractivity contribution in [1.82, 2.24) is 20.2 Å². The first kappa shape index (κ1) is 33.5. The third-order valence-electron chi connectivity index (χ3n) is 9.10. The van der Waals surface area contributed by atoms with Crippen molar-refractivity contribution in [2.45, 2.75) is 83.7 Å². The molecule has 2 aromatic carbocycles. The molecule has 0 aliphatic heterocycles. The monoisotopic (exact) mass is 652 g/mol. The standard InChI is InChI=1S/C32H38F6N6O2/c1-3-43(17-20-8-10-22(11-9-20)29(45)46)28-15-24-7-5-4-6-23(24)14-25(28)19-44(30-39-41-42(2)40-30)18-21-12-26(31(33,34)35)16-27(13-21)32(36,37)38/h12-16,20,22H,3-11,17-19H2,1-2H3,(H,45,46). The number of halogens is 6. The van der Waals surface area contributed by atoms with Crippen LogP contribution in [0.25, 0.3) is 0 Å². The molecule has 2 aliphatic carbocycles. The first-order valence-corrected chi connectivity index (χ1v) is 15.6. The largest absolute Gasteiger partial charge is 0.481 e. The van der Waals surface area contributed by atoms with Gasteiger partial charge in [-0.3, -0.25) is 4.79 Å². The Balaban J connectivity index is 1.51. The van der Waals surface area contributed by atoms with Gasteiger partial charge in [0.2, 0.25) is 0 Å². The van der Waals surface area contributed by atoms with Crippen molar-refractivity contribution in [3.05, 3.63) is 63.7 Å². The number of carboxylic acids is 1. The average molecular weight is 653 g/mol. The van der Waals surface area contributed by atoms with E-state index in [2.05, 4.69) is 32.4 Å². The fourth-order valence-electron chi connectivity index (χ4n) is 6.68. The van der Waals surface area contributed by atoms with Crippen LogP contribution in [-0.4, -0.2) is 44.4 Å². The lowest BCUT2D eigenvalue weighted by Gasteiger charge is -2.35. The smallest absolute Gasteiger partial charge is 0.416 e. The Labute approximate surface area is 263 Å². The number of fused-ring (bicyclic) bond motifs is 1. The highest BCUT2D eigenvalue weighted by atomic mass is 19.4. The van der Waals surface area contributed by atoms with Crippen LogP contribution in [0.1, 0.15) is 78.8 Å². The van der Waals surface area contributed by atoms with Gasteiger partial charge in [-0.25, -0.2) is 0 Å². The van der Waals surface area contributed by atoms with Gasteiger partial charge in [0, 0.05) is 31.9 Å². The van der Waals surface area contributed by atoms with Crippen LogP contribution in [0.5, 0.6) is 0 Å². The lowest BCUT2D eigenvalue weighted by Crippen LogP contribution is -2.34. The highest BCUT2D eigenvalue weighted by Gasteiger charge is 2.37. The van der Waals surface area contributed by atoms with Gasteiger partial charge in [-0.15, -0.1) is 5.10 Å². The van der Waals surface area contributed by atoms with Gasteiger partial charge in [0.15, 0.2) is 0 Å². The normalized spacial score (nSPS) is 18.7. The van der Waals surface area contributed by atoms with Gasteiger partial charge in [-0.1, -0.05) is 11.2 Å². The molecule has 0 amide bonds. The number of hydrogen-bond acceptors (Lipinski definition) is 6. The number of rotatable bonds is 10. The zero-order chi connectivity index (χ0) is 33.2. The molecule has 1 aromatic heterocycles.